The van der Waals surface area contributed by atoms with Crippen LogP contribution in [0.4, 0.5) is 5.69 Å². The van der Waals surface area contributed by atoms with Gasteiger partial charge < -0.3 is 4.90 Å². The van der Waals surface area contributed by atoms with Gasteiger partial charge >= 0.3 is 0 Å². The van der Waals surface area contributed by atoms with E-state index in [-0.39, 0.29) is 0 Å². The van der Waals surface area contributed by atoms with Gasteiger partial charge in [-0.2, -0.15) is 0 Å². The summed E-state index contributed by atoms with van der Waals surface area (Å²) in [7, 11) is 0. The zero-order chi connectivity index (χ0) is 7.68. The molecule has 11 heavy (non-hydrogen) atoms. The second-order valence-corrected chi connectivity index (χ2v) is 3.09. The molecule has 1 saturated heterocycles. The lowest BCUT2D eigenvalue weighted by Crippen LogP contribution is -2.45. The topological polar surface area (TPSA) is 3.24 Å². The average Bonchev–Trinajstić information content (AvgIpc) is 2.04. The molecule has 0 spiro atoms. The fraction of sp³-hybridized carbons (Fsp3) is 0.400. The van der Waals surface area contributed by atoms with Crippen LogP contribution in [0.2, 0.25) is 0 Å². The van der Waals surface area contributed by atoms with Gasteiger partial charge in [-0.1, -0.05) is 12.1 Å². The highest BCUT2D eigenvalue weighted by atomic mass is 15.2. The third-order valence-corrected chi connectivity index (χ3v) is 2.34. The first-order valence-electron chi connectivity index (χ1n) is 4.10. The molecule has 1 aliphatic rings. The number of hydrogen-bond donors (Lipinski definition) is 0. The van der Waals surface area contributed by atoms with E-state index < -0.39 is 0 Å². The van der Waals surface area contributed by atoms with E-state index in [4.69, 9.17) is 0 Å². The van der Waals surface area contributed by atoms with Gasteiger partial charge in [-0.15, -0.1) is 0 Å². The largest absolute Gasteiger partial charge is 0.369 e. The van der Waals surface area contributed by atoms with Crippen molar-refractivity contribution < 1.29 is 0 Å². The Balaban J connectivity index is 2.17. The molecule has 0 aliphatic carbocycles. The molecule has 1 fully saturated rings. The summed E-state index contributed by atoms with van der Waals surface area (Å²) in [6.45, 7) is 3.47. The lowest BCUT2D eigenvalue weighted by Gasteiger charge is -2.40. The maximum Gasteiger partial charge on any atom is 0.0374 e. The normalized spacial score (nSPS) is 23.0. The maximum atomic E-state index is 3.09. The summed E-state index contributed by atoms with van der Waals surface area (Å²) >= 11 is 0. The molecule has 1 nitrogen and oxygen atoms in total. The zero-order valence-electron chi connectivity index (χ0n) is 6.75. The SMILES string of the molecule is C[C@@H]1CCN1c1c[c]ccc1. The highest BCUT2D eigenvalue weighted by molar-refractivity contribution is 5.48. The van der Waals surface area contributed by atoms with E-state index in [1.165, 1.54) is 18.7 Å². The molecule has 0 saturated carbocycles. The molecule has 0 aromatic heterocycles. The Bertz CT molecular complexity index is 230. The van der Waals surface area contributed by atoms with Crippen LogP contribution in [-0.2, 0) is 0 Å². The van der Waals surface area contributed by atoms with Crippen LogP contribution < -0.4 is 4.90 Å². The molecule has 0 bridgehead atoms. The van der Waals surface area contributed by atoms with Crippen molar-refractivity contribution in [2.45, 2.75) is 19.4 Å². The van der Waals surface area contributed by atoms with Crippen LogP contribution in [0.1, 0.15) is 13.3 Å². The fourth-order valence-corrected chi connectivity index (χ4v) is 1.46. The van der Waals surface area contributed by atoms with Crippen LogP contribution in [-0.4, -0.2) is 12.6 Å². The lowest BCUT2D eigenvalue weighted by atomic mass is 10.0. The summed E-state index contributed by atoms with van der Waals surface area (Å²) in [4.78, 5) is 2.40. The third-order valence-electron chi connectivity index (χ3n) is 2.34. The average molecular weight is 146 g/mol. The van der Waals surface area contributed by atoms with Gasteiger partial charge in [0.05, 0.1) is 0 Å². The second kappa shape index (κ2) is 2.57. The van der Waals surface area contributed by atoms with Crippen molar-refractivity contribution in [2.24, 2.45) is 0 Å². The smallest absolute Gasteiger partial charge is 0.0374 e. The first-order valence-corrected chi connectivity index (χ1v) is 4.10. The van der Waals surface area contributed by atoms with Gasteiger partial charge in [-0.05, 0) is 31.5 Å². The molecule has 1 heteroatoms. The minimum atomic E-state index is 0.728. The fourth-order valence-electron chi connectivity index (χ4n) is 1.46. The number of anilines is 1. The van der Waals surface area contributed by atoms with Crippen molar-refractivity contribution >= 4 is 5.69 Å². The maximum absolute atomic E-state index is 3.09. The minimum absolute atomic E-state index is 0.728. The van der Waals surface area contributed by atoms with Gasteiger partial charge in [0, 0.05) is 18.3 Å². The summed E-state index contributed by atoms with van der Waals surface area (Å²) in [5.41, 5.74) is 1.31. The van der Waals surface area contributed by atoms with Crippen LogP contribution in [0.3, 0.4) is 0 Å². The van der Waals surface area contributed by atoms with Crippen molar-refractivity contribution in [1.29, 1.82) is 0 Å². The van der Waals surface area contributed by atoms with Crippen LogP contribution in [0.25, 0.3) is 0 Å². The Kier molecular flexibility index (Phi) is 1.57. The van der Waals surface area contributed by atoms with E-state index >= 15 is 0 Å². The van der Waals surface area contributed by atoms with E-state index in [0.717, 1.165) is 6.04 Å². The lowest BCUT2D eigenvalue weighted by molar-refractivity contribution is 0.481. The number of nitrogens with zero attached hydrogens (tertiary/aromatic N) is 1. The van der Waals surface area contributed by atoms with Crippen LogP contribution in [0.15, 0.2) is 24.3 Å². The van der Waals surface area contributed by atoms with Gasteiger partial charge in [-0.25, -0.2) is 0 Å². The van der Waals surface area contributed by atoms with Crippen LogP contribution in [0.5, 0.6) is 0 Å². The Morgan fingerprint density at radius 2 is 2.55 bits per heavy atom. The monoisotopic (exact) mass is 146 g/mol. The van der Waals surface area contributed by atoms with Crippen LogP contribution in [0, 0.1) is 6.07 Å². The van der Waals surface area contributed by atoms with E-state index in [1.807, 2.05) is 12.1 Å². The Hall–Kier alpha value is -0.980. The van der Waals surface area contributed by atoms with E-state index in [1.54, 1.807) is 0 Å². The van der Waals surface area contributed by atoms with Crippen molar-refractivity contribution in [3.05, 3.63) is 30.3 Å². The molecule has 1 radical (unpaired) electrons. The number of hydrogen-bond acceptors (Lipinski definition) is 1. The summed E-state index contributed by atoms with van der Waals surface area (Å²) in [5.74, 6) is 0. The molecule has 2 rings (SSSR count). The highest BCUT2D eigenvalue weighted by Gasteiger charge is 2.22. The molecule has 1 atom stereocenters. The number of benzene rings is 1. The van der Waals surface area contributed by atoms with Crippen molar-refractivity contribution in [3.8, 4) is 0 Å². The number of rotatable bonds is 1. The third kappa shape index (κ3) is 1.11. The van der Waals surface area contributed by atoms with E-state index in [2.05, 4.69) is 30.0 Å². The Morgan fingerprint density at radius 1 is 1.64 bits per heavy atom. The molecule has 1 aromatic rings. The molecule has 0 amide bonds. The first kappa shape index (κ1) is 6.71. The van der Waals surface area contributed by atoms with E-state index in [9.17, 15) is 0 Å². The molecular formula is C10H12N. The summed E-state index contributed by atoms with van der Waals surface area (Å²) in [6.07, 6.45) is 1.33. The second-order valence-electron chi connectivity index (χ2n) is 3.09. The van der Waals surface area contributed by atoms with Crippen molar-refractivity contribution in [2.75, 3.05) is 11.4 Å². The molecule has 1 heterocycles. The van der Waals surface area contributed by atoms with Crippen molar-refractivity contribution in [3.63, 3.8) is 0 Å². The Labute approximate surface area is 67.6 Å². The molecule has 0 N–H and O–H groups in total. The molecule has 0 unspecified atom stereocenters. The predicted octanol–water partition coefficient (Wildman–Crippen LogP) is 2.09. The first-order chi connectivity index (χ1) is 5.38. The molecule has 1 aliphatic heterocycles. The summed E-state index contributed by atoms with van der Waals surface area (Å²) in [5, 5.41) is 0. The minimum Gasteiger partial charge on any atom is -0.369 e. The quantitative estimate of drug-likeness (QED) is 0.586. The van der Waals surface area contributed by atoms with E-state index in [0.29, 0.717) is 0 Å². The standard InChI is InChI=1S/C10H12N/c1-9-7-8-11(9)10-5-3-2-4-6-10/h2-3,5-6,9H,7-8H2,1H3/t9-/m1/s1. The summed E-state index contributed by atoms with van der Waals surface area (Å²) in [6, 6.07) is 12.0. The summed E-state index contributed by atoms with van der Waals surface area (Å²) < 4.78 is 0. The van der Waals surface area contributed by atoms with Gasteiger partial charge in [0.2, 0.25) is 0 Å². The predicted molar refractivity (Wildman–Crippen MR) is 46.7 cm³/mol. The van der Waals surface area contributed by atoms with Crippen molar-refractivity contribution in [1.82, 2.24) is 0 Å². The van der Waals surface area contributed by atoms with Crippen LogP contribution >= 0.6 is 0 Å². The molecular weight excluding hydrogens is 134 g/mol. The highest BCUT2D eigenvalue weighted by Crippen LogP contribution is 2.24. The van der Waals surface area contributed by atoms with Gasteiger partial charge in [0.25, 0.3) is 0 Å². The Morgan fingerprint density at radius 3 is 3.00 bits per heavy atom. The van der Waals surface area contributed by atoms with Gasteiger partial charge in [0.1, 0.15) is 0 Å². The molecule has 1 aromatic carbocycles. The van der Waals surface area contributed by atoms with Gasteiger partial charge in [-0.3, -0.25) is 0 Å². The zero-order valence-corrected chi connectivity index (χ0v) is 6.75. The van der Waals surface area contributed by atoms with Gasteiger partial charge in [0.15, 0.2) is 0 Å². The molecule has 57 valence electrons.